The number of carbonyl (C=O) groups is 1. The summed E-state index contributed by atoms with van der Waals surface area (Å²) in [6.07, 6.45) is 5.80. The highest BCUT2D eigenvalue weighted by Gasteiger charge is 2.30. The van der Waals surface area contributed by atoms with E-state index >= 15 is 0 Å². The van der Waals surface area contributed by atoms with E-state index in [0.29, 0.717) is 24.4 Å². The van der Waals surface area contributed by atoms with Crippen LogP contribution in [0.15, 0.2) is 30.3 Å². The predicted molar refractivity (Wildman–Crippen MR) is 116 cm³/mol. The minimum atomic E-state index is -2.98. The Morgan fingerprint density at radius 1 is 1.15 bits per heavy atom. The van der Waals surface area contributed by atoms with Crippen LogP contribution in [0.25, 0.3) is 0 Å². The van der Waals surface area contributed by atoms with Crippen LogP contribution >= 0.6 is 11.8 Å². The van der Waals surface area contributed by atoms with Crippen LogP contribution in [-0.2, 0) is 20.4 Å². The van der Waals surface area contributed by atoms with Gasteiger partial charge in [0.15, 0.2) is 9.84 Å². The Bertz CT molecular complexity index is 662. The third-order valence-electron chi connectivity index (χ3n) is 5.78. The summed E-state index contributed by atoms with van der Waals surface area (Å²) in [5.41, 5.74) is 1.33. The highest BCUT2D eigenvalue weighted by atomic mass is 32.2. The van der Waals surface area contributed by atoms with Gasteiger partial charge in [-0.25, -0.2) is 8.42 Å². The first-order valence-corrected chi connectivity index (χ1v) is 13.1. The van der Waals surface area contributed by atoms with Crippen molar-refractivity contribution in [3.8, 4) is 0 Å². The van der Waals surface area contributed by atoms with Crippen molar-refractivity contribution in [2.75, 3.05) is 11.5 Å². The molecular weight excluding hydrogens is 376 g/mol. The molecule has 1 aromatic rings. The lowest BCUT2D eigenvalue weighted by Gasteiger charge is -2.28. The molecule has 1 aliphatic carbocycles. The Morgan fingerprint density at radius 2 is 1.81 bits per heavy atom. The van der Waals surface area contributed by atoms with Gasteiger partial charge >= 0.3 is 0 Å². The highest BCUT2D eigenvalue weighted by Crippen LogP contribution is 2.32. The van der Waals surface area contributed by atoms with E-state index in [1.54, 1.807) is 6.92 Å². The normalized spacial score (nSPS) is 21.7. The van der Waals surface area contributed by atoms with Gasteiger partial charge in [-0.05, 0) is 62.7 Å². The Morgan fingerprint density at radius 3 is 2.44 bits per heavy atom. The molecule has 0 spiro atoms. The van der Waals surface area contributed by atoms with Crippen LogP contribution in [0.2, 0.25) is 0 Å². The molecule has 1 aromatic carbocycles. The molecule has 1 aliphatic rings. The van der Waals surface area contributed by atoms with Crippen molar-refractivity contribution in [2.24, 2.45) is 11.8 Å². The third-order valence-corrected chi connectivity index (χ3v) is 9.39. The number of hydrogen-bond donors (Lipinski definition) is 0. The molecule has 0 saturated heterocycles. The van der Waals surface area contributed by atoms with E-state index in [9.17, 15) is 13.2 Å². The second kappa shape index (κ2) is 11.3. The molecule has 0 amide bonds. The predicted octanol–water partition coefficient (Wildman–Crippen LogP) is 5.29. The highest BCUT2D eigenvalue weighted by molar-refractivity contribution is 7.98. The van der Waals surface area contributed by atoms with Crippen molar-refractivity contribution < 1.29 is 13.2 Å². The number of thioether (sulfide) groups is 1. The van der Waals surface area contributed by atoms with Gasteiger partial charge in [-0.2, -0.15) is 11.8 Å². The summed E-state index contributed by atoms with van der Waals surface area (Å²) >= 11 is 1.89. The molecule has 0 heterocycles. The second-order valence-electron chi connectivity index (χ2n) is 7.87. The molecule has 1 atom stereocenters. The monoisotopic (exact) mass is 410 g/mol. The van der Waals surface area contributed by atoms with E-state index in [1.165, 1.54) is 5.56 Å². The van der Waals surface area contributed by atoms with Gasteiger partial charge in [-0.3, -0.25) is 4.79 Å². The molecule has 27 heavy (non-hydrogen) atoms. The van der Waals surface area contributed by atoms with Gasteiger partial charge in [-0.15, -0.1) is 0 Å². The van der Waals surface area contributed by atoms with Gasteiger partial charge < -0.3 is 0 Å². The van der Waals surface area contributed by atoms with Gasteiger partial charge in [0.2, 0.25) is 0 Å². The largest absolute Gasteiger partial charge is 0.299 e. The first kappa shape index (κ1) is 22.5. The fourth-order valence-electron chi connectivity index (χ4n) is 3.71. The smallest absolute Gasteiger partial charge is 0.153 e. The van der Waals surface area contributed by atoms with Gasteiger partial charge in [0.05, 0.1) is 11.0 Å². The molecule has 1 unspecified atom stereocenters. The fourth-order valence-corrected chi connectivity index (χ4v) is 6.46. The number of sulfone groups is 1. The lowest BCUT2D eigenvalue weighted by atomic mass is 9.80. The molecular formula is C22H34O3S2. The number of benzene rings is 1. The molecule has 5 heteroatoms. The molecule has 3 nitrogen and oxygen atoms in total. The lowest BCUT2D eigenvalue weighted by Crippen LogP contribution is -2.29. The van der Waals surface area contributed by atoms with Crippen molar-refractivity contribution in [1.29, 1.82) is 0 Å². The zero-order chi connectivity index (χ0) is 19.7. The lowest BCUT2D eigenvalue weighted by molar-refractivity contribution is -0.124. The maximum Gasteiger partial charge on any atom is 0.153 e. The fraction of sp³-hybridized carbons (Fsp3) is 0.682. The minimum absolute atomic E-state index is 0.159. The third kappa shape index (κ3) is 7.61. The van der Waals surface area contributed by atoms with E-state index in [1.807, 2.05) is 24.8 Å². The Balaban J connectivity index is 1.62. The van der Waals surface area contributed by atoms with Crippen LogP contribution in [0.4, 0.5) is 0 Å². The molecule has 1 fully saturated rings. The average Bonchev–Trinajstić information content (AvgIpc) is 2.68. The summed E-state index contributed by atoms with van der Waals surface area (Å²) in [5, 5.41) is -0.245. The van der Waals surface area contributed by atoms with Gasteiger partial charge in [0.1, 0.15) is 5.78 Å². The first-order valence-electron chi connectivity index (χ1n) is 10.3. The van der Waals surface area contributed by atoms with E-state index < -0.39 is 9.84 Å². The van der Waals surface area contributed by atoms with Gasteiger partial charge in [0, 0.05) is 18.1 Å². The topological polar surface area (TPSA) is 51.2 Å². The van der Waals surface area contributed by atoms with Crippen LogP contribution in [0.1, 0.15) is 64.4 Å². The Labute approximate surface area is 169 Å². The van der Waals surface area contributed by atoms with Crippen LogP contribution in [-0.4, -0.2) is 31.0 Å². The maximum atomic E-state index is 12.5. The van der Waals surface area contributed by atoms with Crippen LogP contribution in [0.5, 0.6) is 0 Å². The van der Waals surface area contributed by atoms with Crippen molar-refractivity contribution >= 4 is 27.4 Å². The van der Waals surface area contributed by atoms with E-state index in [2.05, 4.69) is 24.3 Å². The summed E-state index contributed by atoms with van der Waals surface area (Å²) in [5.74, 6) is 3.12. The number of carbonyl (C=O) groups excluding carboxylic acids is 1. The number of Topliss-reactive ketones (excluding diaryl/α,β-unsaturated/α-hetero) is 1. The van der Waals surface area contributed by atoms with Crippen LogP contribution in [0.3, 0.4) is 0 Å². The molecule has 2 rings (SSSR count). The molecule has 152 valence electrons. The quantitative estimate of drug-likeness (QED) is 0.465. The van der Waals surface area contributed by atoms with Crippen molar-refractivity contribution in [2.45, 2.75) is 69.8 Å². The van der Waals surface area contributed by atoms with Gasteiger partial charge in [-0.1, -0.05) is 37.3 Å². The zero-order valence-corrected chi connectivity index (χ0v) is 18.4. The van der Waals surface area contributed by atoms with E-state index in [4.69, 9.17) is 0 Å². The van der Waals surface area contributed by atoms with Gasteiger partial charge in [0.25, 0.3) is 0 Å². The van der Waals surface area contributed by atoms with E-state index in [-0.39, 0.29) is 17.1 Å². The van der Waals surface area contributed by atoms with E-state index in [0.717, 1.165) is 43.6 Å². The van der Waals surface area contributed by atoms with Crippen molar-refractivity contribution in [3.05, 3.63) is 35.9 Å². The Kier molecular flexibility index (Phi) is 9.37. The number of rotatable bonds is 11. The molecule has 0 radical (unpaired) electrons. The molecule has 0 aliphatic heterocycles. The Hall–Kier alpha value is -0.810. The summed E-state index contributed by atoms with van der Waals surface area (Å²) in [6.45, 7) is 3.73. The van der Waals surface area contributed by atoms with Crippen LogP contribution < -0.4 is 0 Å². The molecule has 0 N–H and O–H groups in total. The van der Waals surface area contributed by atoms with Crippen molar-refractivity contribution in [3.63, 3.8) is 0 Å². The van der Waals surface area contributed by atoms with Crippen molar-refractivity contribution in [1.82, 2.24) is 0 Å². The second-order valence-corrected chi connectivity index (χ2v) is 11.4. The molecule has 1 saturated carbocycles. The number of hydrogen-bond acceptors (Lipinski definition) is 4. The molecule has 0 bridgehead atoms. The minimum Gasteiger partial charge on any atom is -0.299 e. The first-order chi connectivity index (χ1) is 12.9. The zero-order valence-electron chi connectivity index (χ0n) is 16.7. The number of ketones is 1. The van der Waals surface area contributed by atoms with Crippen LogP contribution in [0, 0.1) is 11.8 Å². The molecule has 0 aromatic heterocycles. The standard InChI is InChI=1S/C22H34O3S2/c1-3-18(2)27(24,25)17-20-11-13-21(14-12-20)22(23)10-7-15-26-16-19-8-5-4-6-9-19/h4-6,8-9,18,20-21H,3,7,10-17H2,1-2H3. The summed E-state index contributed by atoms with van der Waals surface area (Å²) < 4.78 is 24.6. The summed E-state index contributed by atoms with van der Waals surface area (Å²) in [6, 6.07) is 10.4. The summed E-state index contributed by atoms with van der Waals surface area (Å²) in [7, 11) is -2.98. The summed E-state index contributed by atoms with van der Waals surface area (Å²) in [4.78, 5) is 12.5. The average molecular weight is 411 g/mol. The maximum absolute atomic E-state index is 12.5. The SMILES string of the molecule is CCC(C)S(=O)(=O)CC1CCC(C(=O)CCCSCc2ccccc2)CC1.